The molecule has 1 nitrogen and oxygen atoms in total. The van der Waals surface area contributed by atoms with E-state index in [0.29, 0.717) is 23.6 Å². The first-order valence-electron chi connectivity index (χ1n) is 6.73. The van der Waals surface area contributed by atoms with Crippen LogP contribution in [0, 0.1) is 19.7 Å². The summed E-state index contributed by atoms with van der Waals surface area (Å²) in [6.07, 6.45) is 0.520. The highest BCUT2D eigenvalue weighted by atomic mass is 35.5. The zero-order chi connectivity index (χ0) is 14.7. The second-order valence-corrected chi connectivity index (χ2v) is 5.60. The second-order valence-electron chi connectivity index (χ2n) is 5.20. The highest BCUT2D eigenvalue weighted by Crippen LogP contribution is 2.28. The third-order valence-electron chi connectivity index (χ3n) is 3.66. The van der Waals surface area contributed by atoms with Crippen LogP contribution in [0.25, 0.3) is 0 Å². The van der Waals surface area contributed by atoms with E-state index in [9.17, 15) is 4.39 Å². The largest absolute Gasteiger partial charge is 0.330 e. The van der Waals surface area contributed by atoms with Gasteiger partial charge in [0, 0.05) is 16.5 Å². The lowest BCUT2D eigenvalue weighted by molar-refractivity contribution is 0.590. The molecule has 1 unspecified atom stereocenters. The van der Waals surface area contributed by atoms with Gasteiger partial charge in [-0.15, -0.1) is 0 Å². The Bertz CT molecular complexity index is 590. The van der Waals surface area contributed by atoms with Crippen LogP contribution >= 0.6 is 11.6 Å². The predicted molar refractivity (Wildman–Crippen MR) is 82.8 cm³/mol. The van der Waals surface area contributed by atoms with E-state index in [4.69, 9.17) is 17.3 Å². The van der Waals surface area contributed by atoms with Crippen molar-refractivity contribution in [2.45, 2.75) is 26.2 Å². The first-order valence-corrected chi connectivity index (χ1v) is 7.10. The normalized spacial score (nSPS) is 12.4. The molecule has 1 atom stereocenters. The Hall–Kier alpha value is -1.38. The molecular formula is C17H19ClFN. The molecule has 2 aromatic carbocycles. The van der Waals surface area contributed by atoms with Crippen molar-refractivity contribution in [1.29, 1.82) is 0 Å². The van der Waals surface area contributed by atoms with Gasteiger partial charge in [0.05, 0.1) is 0 Å². The number of halogens is 2. The highest BCUT2D eigenvalue weighted by Gasteiger charge is 2.17. The van der Waals surface area contributed by atoms with Crippen LogP contribution in [-0.2, 0) is 6.42 Å². The van der Waals surface area contributed by atoms with Gasteiger partial charge in [-0.1, -0.05) is 41.4 Å². The van der Waals surface area contributed by atoms with E-state index in [1.165, 1.54) is 17.2 Å². The zero-order valence-electron chi connectivity index (χ0n) is 11.8. The minimum atomic E-state index is -0.263. The number of rotatable bonds is 4. The second kappa shape index (κ2) is 6.38. The number of aryl methyl sites for hydroxylation is 2. The van der Waals surface area contributed by atoms with Crippen molar-refractivity contribution >= 4 is 11.6 Å². The van der Waals surface area contributed by atoms with Crippen molar-refractivity contribution in [1.82, 2.24) is 0 Å². The van der Waals surface area contributed by atoms with Gasteiger partial charge in [-0.05, 0) is 50.1 Å². The topological polar surface area (TPSA) is 26.0 Å². The summed E-state index contributed by atoms with van der Waals surface area (Å²) in [6.45, 7) is 4.59. The summed E-state index contributed by atoms with van der Waals surface area (Å²) < 4.78 is 13.9. The maximum Gasteiger partial charge on any atom is 0.127 e. The first-order chi connectivity index (χ1) is 9.52. The molecule has 0 aliphatic rings. The molecular weight excluding hydrogens is 273 g/mol. The van der Waals surface area contributed by atoms with Crippen molar-refractivity contribution in [3.05, 3.63) is 69.5 Å². The molecule has 106 valence electrons. The van der Waals surface area contributed by atoms with Crippen molar-refractivity contribution in [3.63, 3.8) is 0 Å². The molecule has 2 aromatic rings. The van der Waals surface area contributed by atoms with Crippen LogP contribution in [-0.4, -0.2) is 6.54 Å². The summed E-state index contributed by atoms with van der Waals surface area (Å²) in [5.74, 6) is -0.189. The smallest absolute Gasteiger partial charge is 0.127 e. The summed E-state index contributed by atoms with van der Waals surface area (Å²) in [5.41, 5.74) is 10.0. The van der Waals surface area contributed by atoms with Crippen LogP contribution in [0.5, 0.6) is 0 Å². The molecule has 0 aliphatic carbocycles. The summed E-state index contributed by atoms with van der Waals surface area (Å²) in [7, 11) is 0. The predicted octanol–water partition coefficient (Wildman–Crippen LogP) is 4.38. The molecule has 0 saturated carbocycles. The molecule has 0 fully saturated rings. The molecule has 0 radical (unpaired) electrons. The molecule has 0 aliphatic heterocycles. The Balaban J connectivity index is 2.34. The molecule has 0 spiro atoms. The van der Waals surface area contributed by atoms with Gasteiger partial charge in [-0.2, -0.15) is 0 Å². The van der Waals surface area contributed by atoms with E-state index in [2.05, 4.69) is 32.0 Å². The molecule has 2 N–H and O–H groups in total. The standard InChI is InChI=1S/C17H19ClFN/c1-11-6-7-14(12(2)8-11)13(10-20)9-15-16(18)4-3-5-17(15)19/h3-8,13H,9-10,20H2,1-2H3. The molecule has 0 saturated heterocycles. The Labute approximate surface area is 124 Å². The fourth-order valence-electron chi connectivity index (χ4n) is 2.58. The molecule has 0 heterocycles. The Morgan fingerprint density at radius 3 is 2.55 bits per heavy atom. The first kappa shape index (κ1) is 15.0. The number of hydrogen-bond acceptors (Lipinski definition) is 1. The Kier molecular flexibility index (Phi) is 4.79. The van der Waals surface area contributed by atoms with Crippen LogP contribution in [0.2, 0.25) is 5.02 Å². The van der Waals surface area contributed by atoms with Gasteiger partial charge in [0.15, 0.2) is 0 Å². The monoisotopic (exact) mass is 291 g/mol. The van der Waals surface area contributed by atoms with Crippen molar-refractivity contribution in [3.8, 4) is 0 Å². The van der Waals surface area contributed by atoms with Crippen LogP contribution < -0.4 is 5.73 Å². The van der Waals surface area contributed by atoms with E-state index in [1.807, 2.05) is 0 Å². The third-order valence-corrected chi connectivity index (χ3v) is 4.02. The maximum atomic E-state index is 13.9. The van der Waals surface area contributed by atoms with Gasteiger partial charge >= 0.3 is 0 Å². The van der Waals surface area contributed by atoms with Crippen molar-refractivity contribution < 1.29 is 4.39 Å². The summed E-state index contributed by atoms with van der Waals surface area (Å²) >= 11 is 6.10. The average molecular weight is 292 g/mol. The number of benzene rings is 2. The fourth-order valence-corrected chi connectivity index (χ4v) is 2.82. The average Bonchev–Trinajstić information content (AvgIpc) is 2.40. The minimum absolute atomic E-state index is 0.0741. The van der Waals surface area contributed by atoms with E-state index >= 15 is 0 Å². The summed E-state index contributed by atoms with van der Waals surface area (Å²) in [6, 6.07) is 11.0. The molecule has 0 aromatic heterocycles. The van der Waals surface area contributed by atoms with E-state index in [0.717, 1.165) is 5.56 Å². The molecule has 2 rings (SSSR count). The van der Waals surface area contributed by atoms with Gasteiger partial charge < -0.3 is 5.73 Å². The van der Waals surface area contributed by atoms with Gasteiger partial charge in [-0.3, -0.25) is 0 Å². The SMILES string of the molecule is Cc1ccc(C(CN)Cc2c(F)cccc2Cl)c(C)c1. The van der Waals surface area contributed by atoms with Gasteiger partial charge in [-0.25, -0.2) is 4.39 Å². The number of hydrogen-bond donors (Lipinski definition) is 1. The lowest BCUT2D eigenvalue weighted by Gasteiger charge is -2.19. The van der Waals surface area contributed by atoms with Crippen molar-refractivity contribution in [2.75, 3.05) is 6.54 Å². The van der Waals surface area contributed by atoms with Crippen LogP contribution in [0.15, 0.2) is 36.4 Å². The van der Waals surface area contributed by atoms with E-state index < -0.39 is 0 Å². The quantitative estimate of drug-likeness (QED) is 0.889. The van der Waals surface area contributed by atoms with Gasteiger partial charge in [0.25, 0.3) is 0 Å². The van der Waals surface area contributed by atoms with Gasteiger partial charge in [0.2, 0.25) is 0 Å². The molecule has 0 amide bonds. The lowest BCUT2D eigenvalue weighted by Crippen LogP contribution is -2.17. The molecule has 0 bridgehead atoms. The maximum absolute atomic E-state index is 13.9. The fraction of sp³-hybridized carbons (Fsp3) is 0.294. The number of nitrogens with two attached hydrogens (primary N) is 1. The third kappa shape index (κ3) is 3.20. The lowest BCUT2D eigenvalue weighted by atomic mass is 9.88. The summed E-state index contributed by atoms with van der Waals surface area (Å²) in [4.78, 5) is 0. The van der Waals surface area contributed by atoms with Crippen LogP contribution in [0.1, 0.15) is 28.2 Å². The highest BCUT2D eigenvalue weighted by molar-refractivity contribution is 6.31. The van der Waals surface area contributed by atoms with Crippen LogP contribution in [0.3, 0.4) is 0 Å². The van der Waals surface area contributed by atoms with E-state index in [1.54, 1.807) is 12.1 Å². The Morgan fingerprint density at radius 1 is 1.20 bits per heavy atom. The Morgan fingerprint density at radius 2 is 1.95 bits per heavy atom. The zero-order valence-corrected chi connectivity index (χ0v) is 12.5. The molecule has 20 heavy (non-hydrogen) atoms. The summed E-state index contributed by atoms with van der Waals surface area (Å²) in [5, 5.41) is 0.466. The van der Waals surface area contributed by atoms with Crippen molar-refractivity contribution in [2.24, 2.45) is 5.73 Å². The minimum Gasteiger partial charge on any atom is -0.330 e. The van der Waals surface area contributed by atoms with Crippen LogP contribution in [0.4, 0.5) is 4.39 Å². The van der Waals surface area contributed by atoms with E-state index in [-0.39, 0.29) is 11.7 Å². The molecule has 3 heteroatoms. The van der Waals surface area contributed by atoms with Gasteiger partial charge in [0.1, 0.15) is 5.82 Å².